The van der Waals surface area contributed by atoms with E-state index >= 15 is 0 Å². The zero-order valence-electron chi connectivity index (χ0n) is 12.2. The van der Waals surface area contributed by atoms with Crippen LogP contribution in [0.4, 0.5) is 11.4 Å². The van der Waals surface area contributed by atoms with Crippen molar-refractivity contribution >= 4 is 35.5 Å². The number of rotatable bonds is 3. The number of hydrogen-bond acceptors (Lipinski definition) is 4. The summed E-state index contributed by atoms with van der Waals surface area (Å²) in [5.41, 5.74) is 5.64. The second-order valence-corrected chi connectivity index (χ2v) is 5.18. The van der Waals surface area contributed by atoms with Gasteiger partial charge in [-0.1, -0.05) is 30.3 Å². The number of hydrogen-bond donors (Lipinski definition) is 3. The Bertz CT molecular complexity index is 778. The van der Waals surface area contributed by atoms with Gasteiger partial charge in [0.1, 0.15) is 0 Å². The zero-order chi connectivity index (χ0) is 15.5. The van der Waals surface area contributed by atoms with Gasteiger partial charge in [-0.15, -0.1) is 0 Å². The number of aliphatic imine (C=N–C) groups is 1. The molecule has 0 fully saturated rings. The molecule has 110 valence electrons. The average molecular weight is 291 g/mol. The van der Waals surface area contributed by atoms with Crippen LogP contribution >= 0.6 is 0 Å². The smallest absolute Gasteiger partial charge is 0.151 e. The molecule has 0 aromatic heterocycles. The molecule has 0 spiro atoms. The summed E-state index contributed by atoms with van der Waals surface area (Å²) in [6, 6.07) is 13.8. The van der Waals surface area contributed by atoms with E-state index in [1.807, 2.05) is 55.5 Å². The lowest BCUT2D eigenvalue weighted by molar-refractivity contribution is 0.266. The first-order valence-electron chi connectivity index (χ1n) is 7.08. The van der Waals surface area contributed by atoms with E-state index in [-0.39, 0.29) is 0 Å². The summed E-state index contributed by atoms with van der Waals surface area (Å²) in [7, 11) is 0. The third-order valence-corrected chi connectivity index (χ3v) is 3.67. The maximum atomic E-state index is 10.2. The highest BCUT2D eigenvalue weighted by Gasteiger charge is 2.23. The Morgan fingerprint density at radius 3 is 2.86 bits per heavy atom. The summed E-state index contributed by atoms with van der Waals surface area (Å²) < 4.78 is 0. The maximum Gasteiger partial charge on any atom is 0.151 e. The normalized spacial score (nSPS) is 18.5. The molecule has 4 nitrogen and oxygen atoms in total. The van der Waals surface area contributed by atoms with Crippen LogP contribution in [0.1, 0.15) is 16.7 Å². The molecule has 0 aliphatic carbocycles. The number of benzene rings is 2. The molecule has 1 aliphatic rings. The van der Waals surface area contributed by atoms with E-state index in [0.717, 1.165) is 39.9 Å². The SMILES string of the molecule is Cc1ccc(/C=C2/c3ccccc3NC2O)cc1N=CC=N. The number of aryl methyl sites for hydroxylation is 1. The van der Waals surface area contributed by atoms with E-state index in [9.17, 15) is 5.11 Å². The predicted octanol–water partition coefficient (Wildman–Crippen LogP) is 3.63. The number of fused-ring (bicyclic) bond motifs is 1. The quantitative estimate of drug-likeness (QED) is 0.756. The Labute approximate surface area is 129 Å². The van der Waals surface area contributed by atoms with E-state index in [0.29, 0.717) is 0 Å². The third kappa shape index (κ3) is 2.69. The Hall–Kier alpha value is -2.72. The van der Waals surface area contributed by atoms with E-state index in [4.69, 9.17) is 5.41 Å². The summed E-state index contributed by atoms with van der Waals surface area (Å²) in [6.45, 7) is 1.98. The summed E-state index contributed by atoms with van der Waals surface area (Å²) >= 11 is 0. The third-order valence-electron chi connectivity index (χ3n) is 3.67. The van der Waals surface area contributed by atoms with Crippen LogP contribution in [-0.4, -0.2) is 23.8 Å². The number of nitrogens with one attached hydrogen (secondary N) is 2. The van der Waals surface area contributed by atoms with Crippen LogP contribution < -0.4 is 5.32 Å². The molecule has 2 aromatic carbocycles. The largest absolute Gasteiger partial charge is 0.369 e. The van der Waals surface area contributed by atoms with Crippen LogP contribution in [0.25, 0.3) is 11.6 Å². The number of anilines is 1. The molecular formula is C18H17N3O. The molecule has 0 bridgehead atoms. The van der Waals surface area contributed by atoms with Crippen LogP contribution in [0.3, 0.4) is 0 Å². The summed E-state index contributed by atoms with van der Waals surface area (Å²) in [5, 5.41) is 20.3. The fraction of sp³-hybridized carbons (Fsp3) is 0.111. The second-order valence-electron chi connectivity index (χ2n) is 5.18. The van der Waals surface area contributed by atoms with Gasteiger partial charge in [0.05, 0.1) is 5.69 Å². The molecule has 1 atom stereocenters. The van der Waals surface area contributed by atoms with Crippen molar-refractivity contribution in [1.29, 1.82) is 5.41 Å². The van der Waals surface area contributed by atoms with E-state index in [1.54, 1.807) is 0 Å². The first-order chi connectivity index (χ1) is 10.7. The van der Waals surface area contributed by atoms with Gasteiger partial charge in [-0.25, -0.2) is 0 Å². The number of aliphatic hydroxyl groups excluding tert-OH is 1. The zero-order valence-corrected chi connectivity index (χ0v) is 12.2. The molecule has 3 N–H and O–H groups in total. The lowest BCUT2D eigenvalue weighted by Gasteiger charge is -2.07. The first-order valence-corrected chi connectivity index (χ1v) is 7.08. The highest BCUT2D eigenvalue weighted by atomic mass is 16.3. The summed E-state index contributed by atoms with van der Waals surface area (Å²) in [6.07, 6.45) is 3.88. The monoisotopic (exact) mass is 291 g/mol. The van der Waals surface area contributed by atoms with Crippen molar-refractivity contribution in [2.24, 2.45) is 4.99 Å². The predicted molar refractivity (Wildman–Crippen MR) is 92.1 cm³/mol. The van der Waals surface area contributed by atoms with Crippen molar-refractivity contribution in [2.75, 3.05) is 5.32 Å². The van der Waals surface area contributed by atoms with Gasteiger partial charge < -0.3 is 15.8 Å². The van der Waals surface area contributed by atoms with Crippen LogP contribution in [0, 0.1) is 12.3 Å². The van der Waals surface area contributed by atoms with Gasteiger partial charge in [-0.2, -0.15) is 0 Å². The number of nitrogens with zero attached hydrogens (tertiary/aromatic N) is 1. The molecule has 0 radical (unpaired) electrons. The Morgan fingerprint density at radius 2 is 2.05 bits per heavy atom. The molecule has 0 amide bonds. The van der Waals surface area contributed by atoms with Crippen molar-refractivity contribution in [3.05, 3.63) is 59.2 Å². The molecule has 22 heavy (non-hydrogen) atoms. The topological polar surface area (TPSA) is 68.5 Å². The minimum absolute atomic E-state index is 0.702. The molecule has 3 rings (SSSR count). The molecule has 1 heterocycles. The van der Waals surface area contributed by atoms with Crippen molar-refractivity contribution in [3.63, 3.8) is 0 Å². The van der Waals surface area contributed by atoms with Gasteiger partial charge >= 0.3 is 0 Å². The fourth-order valence-electron chi connectivity index (χ4n) is 2.54. The highest BCUT2D eigenvalue weighted by molar-refractivity contribution is 6.15. The van der Waals surface area contributed by atoms with Gasteiger partial charge in [0.2, 0.25) is 0 Å². The van der Waals surface area contributed by atoms with Crippen molar-refractivity contribution < 1.29 is 5.11 Å². The molecular weight excluding hydrogens is 274 g/mol. The number of aliphatic hydroxyl groups is 1. The fourth-order valence-corrected chi connectivity index (χ4v) is 2.54. The standard InChI is InChI=1S/C18H17N3O/c1-12-6-7-13(11-17(12)20-9-8-19)10-15-14-4-2-3-5-16(14)21-18(15)22/h2-11,18-19,21-22H,1H3/b15-10-,19-8?,20-9?. The summed E-state index contributed by atoms with van der Waals surface area (Å²) in [4.78, 5) is 4.25. The molecule has 0 saturated carbocycles. The van der Waals surface area contributed by atoms with Crippen LogP contribution in [0.2, 0.25) is 0 Å². The van der Waals surface area contributed by atoms with Crippen LogP contribution in [0.5, 0.6) is 0 Å². The van der Waals surface area contributed by atoms with Crippen molar-refractivity contribution in [2.45, 2.75) is 13.2 Å². The van der Waals surface area contributed by atoms with Gasteiger partial charge in [0, 0.05) is 29.3 Å². The maximum absolute atomic E-state index is 10.2. The minimum Gasteiger partial charge on any atom is -0.369 e. The Morgan fingerprint density at radius 1 is 1.23 bits per heavy atom. The summed E-state index contributed by atoms with van der Waals surface area (Å²) in [5.74, 6) is 0. The first kappa shape index (κ1) is 14.2. The van der Waals surface area contributed by atoms with E-state index < -0.39 is 6.23 Å². The molecule has 0 saturated heterocycles. The molecule has 1 aliphatic heterocycles. The van der Waals surface area contributed by atoms with Gasteiger partial charge in [-0.05, 0) is 36.3 Å². The van der Waals surface area contributed by atoms with E-state index in [1.165, 1.54) is 6.21 Å². The lowest BCUT2D eigenvalue weighted by Crippen LogP contribution is -2.12. The Kier molecular flexibility index (Phi) is 3.85. The van der Waals surface area contributed by atoms with Crippen LogP contribution in [-0.2, 0) is 0 Å². The average Bonchev–Trinajstić information content (AvgIpc) is 2.84. The second kappa shape index (κ2) is 5.95. The highest BCUT2D eigenvalue weighted by Crippen LogP contribution is 2.35. The Balaban J connectivity index is 2.02. The molecule has 2 aromatic rings. The van der Waals surface area contributed by atoms with Crippen LogP contribution in [0.15, 0.2) is 47.5 Å². The lowest BCUT2D eigenvalue weighted by atomic mass is 10.0. The number of para-hydroxylation sites is 1. The minimum atomic E-state index is -0.702. The van der Waals surface area contributed by atoms with Crippen molar-refractivity contribution in [3.8, 4) is 0 Å². The van der Waals surface area contributed by atoms with Gasteiger partial charge in [0.25, 0.3) is 0 Å². The van der Waals surface area contributed by atoms with Gasteiger partial charge in [-0.3, -0.25) is 4.99 Å². The molecule has 4 heteroatoms. The van der Waals surface area contributed by atoms with E-state index in [2.05, 4.69) is 10.3 Å². The van der Waals surface area contributed by atoms with Crippen molar-refractivity contribution in [1.82, 2.24) is 0 Å². The van der Waals surface area contributed by atoms with Gasteiger partial charge in [0.15, 0.2) is 6.23 Å². The molecule has 1 unspecified atom stereocenters.